The second-order valence-electron chi connectivity index (χ2n) is 8.47. The number of hydrogen-bond acceptors (Lipinski definition) is 5. The van der Waals surface area contributed by atoms with E-state index in [9.17, 15) is 4.79 Å². The molecule has 1 fully saturated rings. The van der Waals surface area contributed by atoms with Crippen LogP contribution in [-0.4, -0.2) is 40.3 Å². The molecule has 1 N–H and O–H groups in total. The van der Waals surface area contributed by atoms with E-state index >= 15 is 0 Å². The molecular weight excluding hydrogens is 440 g/mol. The molecule has 2 atom stereocenters. The van der Waals surface area contributed by atoms with Crippen LogP contribution < -0.4 is 5.32 Å². The van der Waals surface area contributed by atoms with E-state index in [1.165, 1.54) is 0 Å². The molecular formula is C25H25ClN4O3. The quantitative estimate of drug-likeness (QED) is 0.548. The average molecular weight is 465 g/mol. The SMILES string of the molecule is CC1=C(c2nc(-c3ccc(C)cc3)no2)C(c2ccc(Cl)cc2)NC(=O)N1CC1CCCO1. The number of hydrogen-bond donors (Lipinski definition) is 1. The van der Waals surface area contributed by atoms with Crippen LogP contribution in [0.15, 0.2) is 58.8 Å². The van der Waals surface area contributed by atoms with E-state index in [1.807, 2.05) is 50.2 Å². The van der Waals surface area contributed by atoms with Gasteiger partial charge in [-0.25, -0.2) is 4.79 Å². The maximum Gasteiger partial charge on any atom is 0.322 e. The molecule has 3 aromatic rings. The molecule has 0 bridgehead atoms. The summed E-state index contributed by atoms with van der Waals surface area (Å²) in [6.45, 7) is 5.16. The van der Waals surface area contributed by atoms with Crippen molar-refractivity contribution in [1.82, 2.24) is 20.4 Å². The number of aromatic nitrogens is 2. The van der Waals surface area contributed by atoms with Gasteiger partial charge in [-0.3, -0.25) is 4.90 Å². The summed E-state index contributed by atoms with van der Waals surface area (Å²) in [5.74, 6) is 0.878. The van der Waals surface area contributed by atoms with Crippen molar-refractivity contribution >= 4 is 23.2 Å². The van der Waals surface area contributed by atoms with Gasteiger partial charge in [0.15, 0.2) is 0 Å². The maximum absolute atomic E-state index is 13.1. The second kappa shape index (κ2) is 9.00. The van der Waals surface area contributed by atoms with Crippen molar-refractivity contribution in [3.63, 3.8) is 0 Å². The number of aryl methyl sites for hydroxylation is 1. The molecule has 7 nitrogen and oxygen atoms in total. The van der Waals surface area contributed by atoms with E-state index in [-0.39, 0.29) is 12.1 Å². The maximum atomic E-state index is 13.1. The van der Waals surface area contributed by atoms with E-state index in [0.29, 0.717) is 23.3 Å². The molecule has 1 saturated heterocycles. The highest BCUT2D eigenvalue weighted by atomic mass is 35.5. The molecule has 5 rings (SSSR count). The Morgan fingerprint density at radius 3 is 2.58 bits per heavy atom. The van der Waals surface area contributed by atoms with Gasteiger partial charge in [-0.1, -0.05) is 58.7 Å². The first-order valence-corrected chi connectivity index (χ1v) is 11.4. The van der Waals surface area contributed by atoms with Gasteiger partial charge in [0.2, 0.25) is 5.82 Å². The number of amides is 2. The lowest BCUT2D eigenvalue weighted by molar-refractivity contribution is 0.0877. The van der Waals surface area contributed by atoms with E-state index in [0.717, 1.165) is 47.4 Å². The summed E-state index contributed by atoms with van der Waals surface area (Å²) in [4.78, 5) is 19.5. The summed E-state index contributed by atoms with van der Waals surface area (Å²) < 4.78 is 11.5. The van der Waals surface area contributed by atoms with E-state index in [2.05, 4.69) is 10.5 Å². The van der Waals surface area contributed by atoms with Crippen LogP contribution in [0.3, 0.4) is 0 Å². The molecule has 3 heterocycles. The summed E-state index contributed by atoms with van der Waals surface area (Å²) >= 11 is 6.10. The number of rotatable bonds is 5. The van der Waals surface area contributed by atoms with Gasteiger partial charge in [0.25, 0.3) is 5.89 Å². The van der Waals surface area contributed by atoms with Crippen molar-refractivity contribution in [3.05, 3.63) is 76.3 Å². The average Bonchev–Trinajstić information content (AvgIpc) is 3.50. The van der Waals surface area contributed by atoms with Crippen molar-refractivity contribution in [2.45, 2.75) is 38.8 Å². The van der Waals surface area contributed by atoms with Crippen molar-refractivity contribution in [2.24, 2.45) is 0 Å². The second-order valence-corrected chi connectivity index (χ2v) is 8.90. The van der Waals surface area contributed by atoms with Gasteiger partial charge >= 0.3 is 6.03 Å². The van der Waals surface area contributed by atoms with Crippen LogP contribution in [0.4, 0.5) is 4.79 Å². The molecule has 1 aromatic heterocycles. The summed E-state index contributed by atoms with van der Waals surface area (Å²) in [6, 6.07) is 14.7. The van der Waals surface area contributed by atoms with Crippen molar-refractivity contribution < 1.29 is 14.1 Å². The Labute approximate surface area is 197 Å². The predicted molar refractivity (Wildman–Crippen MR) is 125 cm³/mol. The Bertz CT molecular complexity index is 1180. The van der Waals surface area contributed by atoms with Crippen molar-refractivity contribution in [2.75, 3.05) is 13.2 Å². The summed E-state index contributed by atoms with van der Waals surface area (Å²) in [6.07, 6.45) is 1.96. The number of benzene rings is 2. The minimum absolute atomic E-state index is 0.0184. The number of ether oxygens (including phenoxy) is 1. The summed E-state index contributed by atoms with van der Waals surface area (Å²) in [5, 5.41) is 7.96. The molecule has 8 heteroatoms. The number of urea groups is 1. The van der Waals surface area contributed by atoms with E-state index in [1.54, 1.807) is 17.0 Å². The van der Waals surface area contributed by atoms with Gasteiger partial charge in [-0.2, -0.15) is 4.98 Å². The van der Waals surface area contributed by atoms with Crippen LogP contribution in [0, 0.1) is 6.92 Å². The van der Waals surface area contributed by atoms with Gasteiger partial charge in [0.05, 0.1) is 24.3 Å². The van der Waals surface area contributed by atoms with Crippen LogP contribution in [0.5, 0.6) is 0 Å². The number of carbonyl (C=O) groups is 1. The number of allylic oxidation sites excluding steroid dienone is 1. The fourth-order valence-corrected chi connectivity index (χ4v) is 4.45. The number of carbonyl (C=O) groups excluding carboxylic acids is 1. The monoisotopic (exact) mass is 464 g/mol. The summed E-state index contributed by atoms with van der Waals surface area (Å²) in [5.41, 5.74) is 4.44. The molecule has 2 aromatic carbocycles. The lowest BCUT2D eigenvalue weighted by Crippen LogP contribution is -2.48. The Morgan fingerprint density at radius 2 is 1.88 bits per heavy atom. The molecule has 170 valence electrons. The topological polar surface area (TPSA) is 80.5 Å². The van der Waals surface area contributed by atoms with Gasteiger partial charge in [-0.05, 0) is 44.4 Å². The molecule has 2 amide bonds. The third kappa shape index (κ3) is 4.38. The Hall–Kier alpha value is -3.16. The van der Waals surface area contributed by atoms with Gasteiger partial charge < -0.3 is 14.6 Å². The molecule has 0 aliphatic carbocycles. The number of nitrogens with zero attached hydrogens (tertiary/aromatic N) is 3. The first-order valence-electron chi connectivity index (χ1n) is 11.1. The van der Waals surface area contributed by atoms with Gasteiger partial charge in [0.1, 0.15) is 0 Å². The molecule has 2 unspecified atom stereocenters. The first kappa shape index (κ1) is 21.7. The Balaban J connectivity index is 1.56. The Morgan fingerprint density at radius 1 is 1.12 bits per heavy atom. The fraction of sp³-hybridized carbons (Fsp3) is 0.320. The van der Waals surface area contributed by atoms with Gasteiger partial charge in [0, 0.05) is 22.9 Å². The molecule has 33 heavy (non-hydrogen) atoms. The zero-order valence-electron chi connectivity index (χ0n) is 18.5. The van der Waals surface area contributed by atoms with Crippen LogP contribution in [-0.2, 0) is 4.74 Å². The van der Waals surface area contributed by atoms with Crippen LogP contribution in [0.1, 0.15) is 42.8 Å². The highest BCUT2D eigenvalue weighted by molar-refractivity contribution is 6.30. The highest BCUT2D eigenvalue weighted by Crippen LogP contribution is 2.38. The van der Waals surface area contributed by atoms with Gasteiger partial charge in [-0.15, -0.1) is 0 Å². The lowest BCUT2D eigenvalue weighted by atomic mass is 9.94. The first-order chi connectivity index (χ1) is 16.0. The number of nitrogens with one attached hydrogen (secondary N) is 1. The standard InChI is InChI=1S/C25H25ClN4O3/c1-15-5-7-18(8-6-15)23-28-24(33-29-23)21-16(2)30(14-20-4-3-13-32-20)25(31)27-22(21)17-9-11-19(26)12-10-17/h5-12,20,22H,3-4,13-14H2,1-2H3,(H,27,31). The zero-order chi connectivity index (χ0) is 22.9. The molecule has 0 spiro atoms. The number of halogens is 1. The molecule has 0 saturated carbocycles. The smallest absolute Gasteiger partial charge is 0.322 e. The lowest BCUT2D eigenvalue weighted by Gasteiger charge is -2.36. The van der Waals surface area contributed by atoms with E-state index < -0.39 is 6.04 Å². The Kier molecular flexibility index (Phi) is 5.91. The predicted octanol–water partition coefficient (Wildman–Crippen LogP) is 5.37. The molecule has 2 aliphatic rings. The third-order valence-electron chi connectivity index (χ3n) is 6.18. The molecule has 2 aliphatic heterocycles. The fourth-order valence-electron chi connectivity index (χ4n) is 4.33. The third-order valence-corrected chi connectivity index (χ3v) is 6.43. The highest BCUT2D eigenvalue weighted by Gasteiger charge is 2.37. The minimum atomic E-state index is -0.443. The summed E-state index contributed by atoms with van der Waals surface area (Å²) in [7, 11) is 0. The zero-order valence-corrected chi connectivity index (χ0v) is 19.3. The van der Waals surface area contributed by atoms with Crippen LogP contribution >= 0.6 is 11.6 Å². The normalized spacial score (nSPS) is 20.9. The van der Waals surface area contributed by atoms with E-state index in [4.69, 9.17) is 25.8 Å². The minimum Gasteiger partial charge on any atom is -0.376 e. The largest absolute Gasteiger partial charge is 0.376 e. The van der Waals surface area contributed by atoms with Crippen LogP contribution in [0.2, 0.25) is 5.02 Å². The van der Waals surface area contributed by atoms with Crippen molar-refractivity contribution in [1.29, 1.82) is 0 Å². The van der Waals surface area contributed by atoms with Crippen LogP contribution in [0.25, 0.3) is 17.0 Å². The molecule has 0 radical (unpaired) electrons. The van der Waals surface area contributed by atoms with Crippen molar-refractivity contribution in [3.8, 4) is 11.4 Å².